The van der Waals surface area contributed by atoms with Crippen LogP contribution in [0.25, 0.3) is 32.0 Å². The molecule has 2 aromatic heterocycles. The van der Waals surface area contributed by atoms with E-state index >= 15 is 0 Å². The first kappa shape index (κ1) is 18.3. The minimum atomic E-state index is -0.135. The Morgan fingerprint density at radius 3 is 2.37 bits per heavy atom. The van der Waals surface area contributed by atoms with Crippen molar-refractivity contribution in [3.63, 3.8) is 0 Å². The molecule has 0 aliphatic rings. The predicted molar refractivity (Wildman–Crippen MR) is 122 cm³/mol. The SMILES string of the molecule is O=c1[nH]c(-c2cccc(OCc3ccccc3)c2)nc2sc(-c3ccccc3)cc12. The van der Waals surface area contributed by atoms with Crippen LogP contribution in [0.15, 0.2) is 95.8 Å². The first-order valence-electron chi connectivity index (χ1n) is 9.63. The molecule has 0 spiro atoms. The summed E-state index contributed by atoms with van der Waals surface area (Å²) in [6, 6.07) is 29.6. The predicted octanol–water partition coefficient (Wildman–Crippen LogP) is 5.90. The van der Waals surface area contributed by atoms with Crippen molar-refractivity contribution in [3.8, 4) is 27.6 Å². The molecule has 0 amide bonds. The van der Waals surface area contributed by atoms with Crippen LogP contribution in [0, 0.1) is 0 Å². The third kappa shape index (κ3) is 3.75. The topological polar surface area (TPSA) is 55.0 Å². The Hall–Kier alpha value is -3.70. The van der Waals surface area contributed by atoms with Crippen LogP contribution in [-0.4, -0.2) is 9.97 Å². The van der Waals surface area contributed by atoms with Gasteiger partial charge >= 0.3 is 0 Å². The Kier molecular flexibility index (Phi) is 4.87. The summed E-state index contributed by atoms with van der Waals surface area (Å²) in [5, 5.41) is 0.610. The molecule has 0 aliphatic heterocycles. The van der Waals surface area contributed by atoms with Gasteiger partial charge < -0.3 is 9.72 Å². The highest BCUT2D eigenvalue weighted by molar-refractivity contribution is 7.21. The lowest BCUT2D eigenvalue weighted by molar-refractivity contribution is 0.306. The van der Waals surface area contributed by atoms with E-state index in [4.69, 9.17) is 9.72 Å². The summed E-state index contributed by atoms with van der Waals surface area (Å²) in [5.41, 5.74) is 2.86. The molecule has 5 rings (SSSR count). The minimum absolute atomic E-state index is 0.135. The van der Waals surface area contributed by atoms with Crippen molar-refractivity contribution in [2.75, 3.05) is 0 Å². The lowest BCUT2D eigenvalue weighted by atomic mass is 10.2. The molecule has 0 aliphatic carbocycles. The molecule has 0 atom stereocenters. The van der Waals surface area contributed by atoms with E-state index in [0.717, 1.165) is 32.1 Å². The zero-order chi connectivity index (χ0) is 20.3. The maximum absolute atomic E-state index is 12.7. The number of aromatic amines is 1. The molecule has 0 fully saturated rings. The van der Waals surface area contributed by atoms with E-state index < -0.39 is 0 Å². The Morgan fingerprint density at radius 1 is 0.833 bits per heavy atom. The molecule has 2 heterocycles. The highest BCUT2D eigenvalue weighted by atomic mass is 32.1. The highest BCUT2D eigenvalue weighted by Gasteiger charge is 2.12. The third-order valence-corrected chi connectivity index (χ3v) is 5.89. The number of nitrogens with one attached hydrogen (secondary N) is 1. The van der Waals surface area contributed by atoms with Crippen molar-refractivity contribution < 1.29 is 4.74 Å². The van der Waals surface area contributed by atoms with Gasteiger partial charge in [0.25, 0.3) is 5.56 Å². The molecule has 0 saturated heterocycles. The van der Waals surface area contributed by atoms with Gasteiger partial charge in [-0.15, -0.1) is 11.3 Å². The van der Waals surface area contributed by atoms with Crippen molar-refractivity contribution >= 4 is 21.6 Å². The monoisotopic (exact) mass is 410 g/mol. The lowest BCUT2D eigenvalue weighted by Gasteiger charge is -2.08. The summed E-state index contributed by atoms with van der Waals surface area (Å²) in [7, 11) is 0. The maximum atomic E-state index is 12.7. The van der Waals surface area contributed by atoms with E-state index in [1.807, 2.05) is 91.0 Å². The number of hydrogen-bond donors (Lipinski definition) is 1. The fourth-order valence-corrected chi connectivity index (χ4v) is 4.32. The van der Waals surface area contributed by atoms with Crippen LogP contribution in [-0.2, 0) is 6.61 Å². The second-order valence-corrected chi connectivity index (χ2v) is 7.94. The van der Waals surface area contributed by atoms with E-state index in [9.17, 15) is 4.79 Å². The summed E-state index contributed by atoms with van der Waals surface area (Å²) >= 11 is 1.52. The van der Waals surface area contributed by atoms with Gasteiger partial charge in [-0.2, -0.15) is 0 Å². The van der Waals surface area contributed by atoms with Gasteiger partial charge in [0.2, 0.25) is 0 Å². The first-order valence-corrected chi connectivity index (χ1v) is 10.4. The highest BCUT2D eigenvalue weighted by Crippen LogP contribution is 2.32. The van der Waals surface area contributed by atoms with Crippen LogP contribution in [0.4, 0.5) is 0 Å². The number of nitrogens with zero attached hydrogens (tertiary/aromatic N) is 1. The number of H-pyrrole nitrogens is 1. The van der Waals surface area contributed by atoms with Crippen molar-refractivity contribution in [2.24, 2.45) is 0 Å². The van der Waals surface area contributed by atoms with Crippen LogP contribution in [0.5, 0.6) is 5.75 Å². The summed E-state index contributed by atoms with van der Waals surface area (Å²) < 4.78 is 5.92. The van der Waals surface area contributed by atoms with Gasteiger partial charge in [-0.25, -0.2) is 4.98 Å². The van der Waals surface area contributed by atoms with Gasteiger partial charge in [0, 0.05) is 10.4 Å². The third-order valence-electron chi connectivity index (χ3n) is 4.82. The molecule has 0 radical (unpaired) electrons. The van der Waals surface area contributed by atoms with Crippen molar-refractivity contribution in [2.45, 2.75) is 6.61 Å². The molecule has 5 aromatic rings. The Labute approximate surface area is 177 Å². The molecule has 0 bridgehead atoms. The average Bonchev–Trinajstić information content (AvgIpc) is 3.24. The molecule has 1 N–H and O–H groups in total. The van der Waals surface area contributed by atoms with Gasteiger partial charge in [-0.05, 0) is 29.3 Å². The molecular formula is C25H18N2O2S. The number of benzene rings is 3. The molecular weight excluding hydrogens is 392 g/mol. The van der Waals surface area contributed by atoms with Crippen molar-refractivity contribution in [3.05, 3.63) is 107 Å². The molecule has 5 heteroatoms. The standard InChI is InChI=1S/C25H18N2O2S/c28-24-21-15-22(18-10-5-2-6-11-18)30-25(21)27-23(26-24)19-12-7-13-20(14-19)29-16-17-8-3-1-4-9-17/h1-15H,16H2,(H,26,27,28). The van der Waals surface area contributed by atoms with Crippen LogP contribution < -0.4 is 10.3 Å². The molecule has 0 unspecified atom stereocenters. The van der Waals surface area contributed by atoms with Gasteiger partial charge in [-0.3, -0.25) is 4.79 Å². The quantitative estimate of drug-likeness (QED) is 0.393. The normalized spacial score (nSPS) is 10.9. The van der Waals surface area contributed by atoms with Crippen LogP contribution in [0.3, 0.4) is 0 Å². The Morgan fingerprint density at radius 2 is 1.57 bits per heavy atom. The zero-order valence-corrected chi connectivity index (χ0v) is 16.9. The van der Waals surface area contributed by atoms with Crippen LogP contribution in [0.2, 0.25) is 0 Å². The van der Waals surface area contributed by atoms with Gasteiger partial charge in [0.1, 0.15) is 23.0 Å². The van der Waals surface area contributed by atoms with E-state index in [2.05, 4.69) is 4.98 Å². The van der Waals surface area contributed by atoms with E-state index in [1.165, 1.54) is 11.3 Å². The summed E-state index contributed by atoms with van der Waals surface area (Å²) in [6.07, 6.45) is 0. The summed E-state index contributed by atoms with van der Waals surface area (Å²) in [6.45, 7) is 0.485. The number of aromatic nitrogens is 2. The van der Waals surface area contributed by atoms with Gasteiger partial charge in [0.05, 0.1) is 5.39 Å². The van der Waals surface area contributed by atoms with E-state index in [-0.39, 0.29) is 5.56 Å². The summed E-state index contributed by atoms with van der Waals surface area (Å²) in [4.78, 5) is 22.1. The fourth-order valence-electron chi connectivity index (χ4n) is 3.29. The van der Waals surface area contributed by atoms with Crippen molar-refractivity contribution in [1.82, 2.24) is 9.97 Å². The molecule has 30 heavy (non-hydrogen) atoms. The maximum Gasteiger partial charge on any atom is 0.259 e. The number of hydrogen-bond acceptors (Lipinski definition) is 4. The first-order chi connectivity index (χ1) is 14.8. The largest absolute Gasteiger partial charge is 0.489 e. The van der Waals surface area contributed by atoms with Crippen molar-refractivity contribution in [1.29, 1.82) is 0 Å². The van der Waals surface area contributed by atoms with Crippen LogP contribution >= 0.6 is 11.3 Å². The zero-order valence-electron chi connectivity index (χ0n) is 16.0. The Bertz CT molecular complexity index is 1360. The smallest absolute Gasteiger partial charge is 0.259 e. The van der Waals surface area contributed by atoms with E-state index in [0.29, 0.717) is 17.8 Å². The number of ether oxygens (including phenoxy) is 1. The number of rotatable bonds is 5. The fraction of sp³-hybridized carbons (Fsp3) is 0.0400. The average molecular weight is 410 g/mol. The lowest BCUT2D eigenvalue weighted by Crippen LogP contribution is -2.08. The van der Waals surface area contributed by atoms with Gasteiger partial charge in [0.15, 0.2) is 0 Å². The molecule has 4 nitrogen and oxygen atoms in total. The van der Waals surface area contributed by atoms with E-state index in [1.54, 1.807) is 0 Å². The second kappa shape index (κ2) is 7.97. The molecule has 3 aromatic carbocycles. The Balaban J connectivity index is 1.46. The summed E-state index contributed by atoms with van der Waals surface area (Å²) in [5.74, 6) is 1.27. The second-order valence-electron chi connectivity index (χ2n) is 6.91. The molecule has 0 saturated carbocycles. The number of fused-ring (bicyclic) bond motifs is 1. The minimum Gasteiger partial charge on any atom is -0.489 e. The molecule has 146 valence electrons. The number of thiophene rings is 1. The van der Waals surface area contributed by atoms with Crippen LogP contribution in [0.1, 0.15) is 5.56 Å². The van der Waals surface area contributed by atoms with Gasteiger partial charge in [-0.1, -0.05) is 72.8 Å².